The second-order valence-electron chi connectivity index (χ2n) is 7.10. The summed E-state index contributed by atoms with van der Waals surface area (Å²) in [4.78, 5) is 15.0. The van der Waals surface area contributed by atoms with Gasteiger partial charge in [0, 0.05) is 41.7 Å². The van der Waals surface area contributed by atoms with Crippen LogP contribution < -0.4 is 10.1 Å². The Morgan fingerprint density at radius 3 is 2.50 bits per heavy atom. The zero-order chi connectivity index (χ0) is 20.8. The van der Waals surface area contributed by atoms with Crippen molar-refractivity contribution < 1.29 is 14.3 Å². The number of fused-ring (bicyclic) bond motifs is 1. The Bertz CT molecular complexity index is 1070. The maximum Gasteiger partial charge on any atom is 0.255 e. The van der Waals surface area contributed by atoms with Crippen molar-refractivity contribution in [2.24, 2.45) is 0 Å². The quantitative estimate of drug-likeness (QED) is 0.682. The van der Waals surface area contributed by atoms with Crippen molar-refractivity contribution in [3.63, 3.8) is 0 Å². The molecule has 3 aromatic rings. The van der Waals surface area contributed by atoms with Gasteiger partial charge in [0.25, 0.3) is 5.91 Å². The molecular formula is C24H23N3O3. The molecule has 3 aromatic carbocycles. The molecule has 1 aliphatic heterocycles. The van der Waals surface area contributed by atoms with Crippen molar-refractivity contribution >= 4 is 22.4 Å². The molecule has 4 rings (SSSR count). The van der Waals surface area contributed by atoms with Crippen molar-refractivity contribution in [3.05, 3.63) is 71.8 Å². The molecule has 0 saturated carbocycles. The summed E-state index contributed by atoms with van der Waals surface area (Å²) in [6, 6.07) is 20.3. The molecule has 1 saturated heterocycles. The number of carbonyl (C=O) groups is 1. The van der Waals surface area contributed by atoms with Crippen LogP contribution in [0.25, 0.3) is 10.8 Å². The third-order valence-electron chi connectivity index (χ3n) is 5.18. The average Bonchev–Trinajstić information content (AvgIpc) is 2.81. The molecule has 6 nitrogen and oxygen atoms in total. The van der Waals surface area contributed by atoms with Crippen LogP contribution >= 0.6 is 0 Å². The average molecular weight is 401 g/mol. The number of carbonyl (C=O) groups excluding carboxylic acids is 1. The molecular weight excluding hydrogens is 378 g/mol. The fourth-order valence-corrected chi connectivity index (χ4v) is 3.51. The molecule has 1 aliphatic rings. The van der Waals surface area contributed by atoms with Gasteiger partial charge in [-0.2, -0.15) is 5.26 Å². The second kappa shape index (κ2) is 9.40. The van der Waals surface area contributed by atoms with Crippen LogP contribution in [0.5, 0.6) is 5.75 Å². The van der Waals surface area contributed by atoms with E-state index in [4.69, 9.17) is 14.7 Å². The van der Waals surface area contributed by atoms with Gasteiger partial charge < -0.3 is 14.8 Å². The molecule has 1 amide bonds. The number of amides is 1. The van der Waals surface area contributed by atoms with E-state index in [1.807, 2.05) is 36.4 Å². The van der Waals surface area contributed by atoms with Gasteiger partial charge in [-0.25, -0.2) is 0 Å². The molecule has 0 unspecified atom stereocenters. The highest BCUT2D eigenvalue weighted by Crippen LogP contribution is 2.32. The van der Waals surface area contributed by atoms with E-state index in [1.165, 1.54) is 0 Å². The van der Waals surface area contributed by atoms with Crippen LogP contribution in [0, 0.1) is 11.3 Å². The maximum absolute atomic E-state index is 12.6. The van der Waals surface area contributed by atoms with Gasteiger partial charge in [-0.3, -0.25) is 9.69 Å². The minimum absolute atomic E-state index is 0.217. The summed E-state index contributed by atoms with van der Waals surface area (Å²) in [6.07, 6.45) is 0. The van der Waals surface area contributed by atoms with Crippen molar-refractivity contribution in [2.45, 2.75) is 0 Å². The molecule has 1 fully saturated rings. The lowest BCUT2D eigenvalue weighted by Gasteiger charge is -2.26. The van der Waals surface area contributed by atoms with Gasteiger partial charge >= 0.3 is 0 Å². The van der Waals surface area contributed by atoms with Gasteiger partial charge in [0.1, 0.15) is 12.4 Å². The molecule has 152 valence electrons. The number of hydrogen-bond donors (Lipinski definition) is 1. The first kappa shape index (κ1) is 19.9. The van der Waals surface area contributed by atoms with E-state index in [-0.39, 0.29) is 5.91 Å². The first-order valence-corrected chi connectivity index (χ1v) is 10.0. The fraction of sp³-hybridized carbons (Fsp3) is 0.250. The molecule has 0 aliphatic carbocycles. The fourth-order valence-electron chi connectivity index (χ4n) is 3.51. The summed E-state index contributed by atoms with van der Waals surface area (Å²) in [7, 11) is 0. The minimum Gasteiger partial charge on any atom is -0.492 e. The molecule has 1 heterocycles. The third kappa shape index (κ3) is 4.60. The Labute approximate surface area is 175 Å². The number of nitriles is 1. The Balaban J connectivity index is 1.48. The number of ether oxygens (including phenoxy) is 2. The number of benzene rings is 3. The zero-order valence-electron chi connectivity index (χ0n) is 16.6. The highest BCUT2D eigenvalue weighted by molar-refractivity contribution is 6.10. The van der Waals surface area contributed by atoms with E-state index in [1.54, 1.807) is 24.3 Å². The number of morpholine rings is 1. The molecule has 0 bridgehead atoms. The van der Waals surface area contributed by atoms with Gasteiger partial charge in [0.05, 0.1) is 24.8 Å². The van der Waals surface area contributed by atoms with Crippen molar-refractivity contribution in [3.8, 4) is 11.8 Å². The number of nitrogens with zero attached hydrogens (tertiary/aromatic N) is 2. The van der Waals surface area contributed by atoms with E-state index >= 15 is 0 Å². The van der Waals surface area contributed by atoms with Crippen LogP contribution in [0.15, 0.2) is 60.7 Å². The summed E-state index contributed by atoms with van der Waals surface area (Å²) in [6.45, 7) is 4.87. The molecule has 1 N–H and O–H groups in total. The zero-order valence-corrected chi connectivity index (χ0v) is 16.6. The predicted octanol–water partition coefficient (Wildman–Crippen LogP) is 3.67. The van der Waals surface area contributed by atoms with E-state index in [9.17, 15) is 4.79 Å². The minimum atomic E-state index is -0.217. The second-order valence-corrected chi connectivity index (χ2v) is 7.10. The van der Waals surface area contributed by atoms with Gasteiger partial charge in [-0.15, -0.1) is 0 Å². The first-order chi connectivity index (χ1) is 14.7. The largest absolute Gasteiger partial charge is 0.492 e. The van der Waals surface area contributed by atoms with E-state index in [0.717, 1.165) is 55.1 Å². The lowest BCUT2D eigenvalue weighted by Crippen LogP contribution is -2.38. The normalized spacial score (nSPS) is 14.2. The Morgan fingerprint density at radius 1 is 1.03 bits per heavy atom. The Kier molecular flexibility index (Phi) is 6.23. The number of hydrogen-bond acceptors (Lipinski definition) is 5. The number of rotatable bonds is 6. The van der Waals surface area contributed by atoms with E-state index < -0.39 is 0 Å². The topological polar surface area (TPSA) is 74.6 Å². The standard InChI is InChI=1S/C24H23N3O3/c25-17-18-5-7-19(8-6-18)24(28)26-22-9-10-23(21-4-2-1-3-20(21)22)30-16-13-27-11-14-29-15-12-27/h1-10H,11-16H2,(H,26,28). The Hall–Kier alpha value is -3.40. The van der Waals surface area contributed by atoms with Crippen molar-refractivity contribution in [1.29, 1.82) is 5.26 Å². The van der Waals surface area contributed by atoms with Crippen molar-refractivity contribution in [2.75, 3.05) is 44.8 Å². The summed E-state index contributed by atoms with van der Waals surface area (Å²) >= 11 is 0. The van der Waals surface area contributed by atoms with Gasteiger partial charge in [0.2, 0.25) is 0 Å². The third-order valence-corrected chi connectivity index (χ3v) is 5.18. The summed E-state index contributed by atoms with van der Waals surface area (Å²) in [5.41, 5.74) is 1.75. The molecule has 0 atom stereocenters. The van der Waals surface area contributed by atoms with Crippen LogP contribution in [-0.2, 0) is 4.74 Å². The molecule has 30 heavy (non-hydrogen) atoms. The lowest BCUT2D eigenvalue weighted by molar-refractivity contribution is 0.0323. The van der Waals surface area contributed by atoms with E-state index in [0.29, 0.717) is 17.7 Å². The monoisotopic (exact) mass is 401 g/mol. The van der Waals surface area contributed by atoms with Gasteiger partial charge in [-0.05, 0) is 36.4 Å². The molecule has 0 aromatic heterocycles. The number of nitrogens with one attached hydrogen (secondary N) is 1. The number of anilines is 1. The van der Waals surface area contributed by atoms with Crippen LogP contribution in [0.1, 0.15) is 15.9 Å². The van der Waals surface area contributed by atoms with Gasteiger partial charge in [0.15, 0.2) is 0 Å². The van der Waals surface area contributed by atoms with Crippen molar-refractivity contribution in [1.82, 2.24) is 4.90 Å². The van der Waals surface area contributed by atoms with Crippen LogP contribution in [0.3, 0.4) is 0 Å². The van der Waals surface area contributed by atoms with Crippen LogP contribution in [0.4, 0.5) is 5.69 Å². The summed E-state index contributed by atoms with van der Waals surface area (Å²) in [5, 5.41) is 13.8. The Morgan fingerprint density at radius 2 is 1.77 bits per heavy atom. The van der Waals surface area contributed by atoms with E-state index in [2.05, 4.69) is 16.3 Å². The predicted molar refractivity (Wildman–Crippen MR) is 116 cm³/mol. The maximum atomic E-state index is 12.6. The smallest absolute Gasteiger partial charge is 0.255 e. The highest BCUT2D eigenvalue weighted by Gasteiger charge is 2.13. The van der Waals surface area contributed by atoms with Gasteiger partial charge in [-0.1, -0.05) is 24.3 Å². The van der Waals surface area contributed by atoms with Crippen LogP contribution in [0.2, 0.25) is 0 Å². The molecule has 0 radical (unpaired) electrons. The lowest BCUT2D eigenvalue weighted by atomic mass is 10.1. The summed E-state index contributed by atoms with van der Waals surface area (Å²) in [5.74, 6) is 0.584. The highest BCUT2D eigenvalue weighted by atomic mass is 16.5. The van der Waals surface area contributed by atoms with Crippen LogP contribution in [-0.4, -0.2) is 50.3 Å². The summed E-state index contributed by atoms with van der Waals surface area (Å²) < 4.78 is 11.4. The SMILES string of the molecule is N#Cc1ccc(C(=O)Nc2ccc(OCCN3CCOCC3)c3ccccc23)cc1. The first-order valence-electron chi connectivity index (χ1n) is 10.0. The molecule has 6 heteroatoms. The molecule has 0 spiro atoms.